The summed E-state index contributed by atoms with van der Waals surface area (Å²) in [7, 11) is 0. The van der Waals surface area contributed by atoms with E-state index in [1.165, 1.54) is 24.6 Å². The van der Waals surface area contributed by atoms with Crippen LogP contribution in [0.25, 0.3) is 0 Å². The number of aromatic nitrogens is 1. The van der Waals surface area contributed by atoms with E-state index in [4.69, 9.17) is 4.52 Å². The summed E-state index contributed by atoms with van der Waals surface area (Å²) in [5.74, 6) is 0.848. The van der Waals surface area contributed by atoms with Gasteiger partial charge in [-0.15, -0.1) is 0 Å². The zero-order valence-electron chi connectivity index (χ0n) is 12.9. The van der Waals surface area contributed by atoms with E-state index in [0.29, 0.717) is 6.54 Å². The van der Waals surface area contributed by atoms with Gasteiger partial charge in [0.05, 0.1) is 6.20 Å². The summed E-state index contributed by atoms with van der Waals surface area (Å²) in [5.41, 5.74) is 1.35. The zero-order chi connectivity index (χ0) is 15.4. The largest absolute Gasteiger partial charge is 0.351 e. The summed E-state index contributed by atoms with van der Waals surface area (Å²) in [5, 5.41) is 6.62. The lowest BCUT2D eigenvalue weighted by molar-refractivity contribution is 0.0896. The van der Waals surface area contributed by atoms with Crippen LogP contribution in [0.4, 0.5) is 0 Å². The van der Waals surface area contributed by atoms with Crippen molar-refractivity contribution in [1.29, 1.82) is 0 Å². The minimum atomic E-state index is -0.188. The van der Waals surface area contributed by atoms with Crippen LogP contribution in [0.15, 0.2) is 47.1 Å². The van der Waals surface area contributed by atoms with E-state index in [0.717, 1.165) is 18.8 Å². The molecule has 116 valence electrons. The topological polar surface area (TPSA) is 55.1 Å². The van der Waals surface area contributed by atoms with Gasteiger partial charge in [-0.2, -0.15) is 0 Å². The molecule has 2 aromatic rings. The molecule has 4 nitrogen and oxygen atoms in total. The Bertz CT molecular complexity index is 599. The summed E-state index contributed by atoms with van der Waals surface area (Å²) in [6, 6.07) is 12.1. The Labute approximate surface area is 130 Å². The number of hydrogen-bond acceptors (Lipinski definition) is 3. The van der Waals surface area contributed by atoms with Gasteiger partial charge in [0.25, 0.3) is 5.91 Å². The van der Waals surface area contributed by atoms with Crippen molar-refractivity contribution in [3.63, 3.8) is 0 Å². The van der Waals surface area contributed by atoms with E-state index >= 15 is 0 Å². The molecule has 0 atom stereocenters. The van der Waals surface area contributed by atoms with Gasteiger partial charge >= 0.3 is 0 Å². The third kappa shape index (κ3) is 3.06. The van der Waals surface area contributed by atoms with Crippen LogP contribution in [-0.2, 0) is 5.41 Å². The van der Waals surface area contributed by atoms with Gasteiger partial charge in [-0.05, 0) is 37.2 Å². The highest BCUT2D eigenvalue weighted by Crippen LogP contribution is 2.41. The van der Waals surface area contributed by atoms with Crippen molar-refractivity contribution >= 4 is 5.91 Å². The normalized spacial score (nSPS) is 24.9. The molecule has 0 saturated heterocycles. The molecule has 1 aliphatic rings. The predicted molar refractivity (Wildman–Crippen MR) is 84.6 cm³/mol. The average Bonchev–Trinajstić information content (AvgIpc) is 3.10. The molecule has 1 aromatic carbocycles. The average molecular weight is 298 g/mol. The number of amides is 1. The highest BCUT2D eigenvalue weighted by atomic mass is 16.5. The number of nitrogens with zero attached hydrogens (tertiary/aromatic N) is 1. The maximum absolute atomic E-state index is 12.1. The van der Waals surface area contributed by atoms with Gasteiger partial charge in [0.1, 0.15) is 0 Å². The fourth-order valence-corrected chi connectivity index (χ4v) is 3.34. The Morgan fingerprint density at radius 3 is 2.64 bits per heavy atom. The molecule has 1 fully saturated rings. The van der Waals surface area contributed by atoms with Gasteiger partial charge in [0.15, 0.2) is 0 Å². The van der Waals surface area contributed by atoms with Crippen LogP contribution >= 0.6 is 0 Å². The summed E-state index contributed by atoms with van der Waals surface area (Å²) < 4.78 is 4.93. The predicted octanol–water partition coefficient (Wildman–Crippen LogP) is 3.55. The third-order valence-corrected chi connectivity index (χ3v) is 4.87. The first-order chi connectivity index (χ1) is 10.7. The van der Waals surface area contributed by atoms with E-state index in [9.17, 15) is 4.79 Å². The van der Waals surface area contributed by atoms with Crippen LogP contribution < -0.4 is 5.32 Å². The molecular formula is C18H22N2O2. The van der Waals surface area contributed by atoms with Crippen LogP contribution in [0, 0.1) is 5.92 Å². The van der Waals surface area contributed by atoms with Gasteiger partial charge in [-0.1, -0.05) is 42.4 Å². The van der Waals surface area contributed by atoms with Crippen molar-refractivity contribution in [3.05, 3.63) is 53.9 Å². The first-order valence-electron chi connectivity index (χ1n) is 7.94. The van der Waals surface area contributed by atoms with Crippen molar-refractivity contribution in [2.45, 2.75) is 38.0 Å². The van der Waals surface area contributed by atoms with Crippen molar-refractivity contribution in [1.82, 2.24) is 10.5 Å². The fraction of sp³-hybridized carbons (Fsp3) is 0.444. The van der Waals surface area contributed by atoms with E-state index in [1.54, 1.807) is 6.07 Å². The fourth-order valence-electron chi connectivity index (χ4n) is 3.34. The SMILES string of the molecule is CC1CCC(CNC(=O)c2ccno2)(c2ccccc2)CC1. The minimum absolute atomic E-state index is 0.0312. The lowest BCUT2D eigenvalue weighted by atomic mass is 9.67. The number of carbonyl (C=O) groups excluding carboxylic acids is 1. The van der Waals surface area contributed by atoms with Gasteiger partial charge in [-0.25, -0.2) is 0 Å². The van der Waals surface area contributed by atoms with Crippen LogP contribution in [0.5, 0.6) is 0 Å². The molecule has 0 bridgehead atoms. The maximum atomic E-state index is 12.1. The molecule has 0 radical (unpaired) electrons. The maximum Gasteiger partial charge on any atom is 0.289 e. The monoisotopic (exact) mass is 298 g/mol. The molecule has 1 amide bonds. The summed E-state index contributed by atoms with van der Waals surface area (Å²) in [4.78, 5) is 12.1. The summed E-state index contributed by atoms with van der Waals surface area (Å²) in [6.45, 7) is 2.95. The van der Waals surface area contributed by atoms with Gasteiger partial charge in [-0.3, -0.25) is 4.79 Å². The molecule has 1 saturated carbocycles. The van der Waals surface area contributed by atoms with Gasteiger partial charge in [0.2, 0.25) is 5.76 Å². The van der Waals surface area contributed by atoms with E-state index in [1.807, 2.05) is 6.07 Å². The van der Waals surface area contributed by atoms with Gasteiger partial charge in [0, 0.05) is 18.0 Å². The molecule has 4 heteroatoms. The third-order valence-electron chi connectivity index (χ3n) is 4.87. The first kappa shape index (κ1) is 14.8. The molecule has 1 aliphatic carbocycles. The molecule has 0 spiro atoms. The zero-order valence-corrected chi connectivity index (χ0v) is 12.9. The Balaban J connectivity index is 1.76. The number of hydrogen-bond donors (Lipinski definition) is 1. The highest BCUT2D eigenvalue weighted by molar-refractivity contribution is 5.91. The van der Waals surface area contributed by atoms with Crippen LogP contribution in [0.1, 0.15) is 48.7 Å². The lowest BCUT2D eigenvalue weighted by Gasteiger charge is -2.40. The molecule has 1 N–H and O–H groups in total. The number of benzene rings is 1. The Morgan fingerprint density at radius 1 is 1.27 bits per heavy atom. The number of rotatable bonds is 4. The van der Waals surface area contributed by atoms with Crippen molar-refractivity contribution in [3.8, 4) is 0 Å². The second kappa shape index (κ2) is 6.34. The molecule has 3 rings (SSSR count). The molecule has 22 heavy (non-hydrogen) atoms. The standard InChI is InChI=1S/C18H22N2O2/c1-14-7-10-18(11-8-14,15-5-3-2-4-6-15)13-19-17(21)16-9-12-20-22-16/h2-6,9,12,14H,7-8,10-11,13H2,1H3,(H,19,21). The van der Waals surface area contributed by atoms with Gasteiger partial charge < -0.3 is 9.84 Å². The quantitative estimate of drug-likeness (QED) is 0.939. The van der Waals surface area contributed by atoms with Crippen LogP contribution in [-0.4, -0.2) is 17.6 Å². The van der Waals surface area contributed by atoms with E-state index < -0.39 is 0 Å². The summed E-state index contributed by atoms with van der Waals surface area (Å²) in [6.07, 6.45) is 6.11. The highest BCUT2D eigenvalue weighted by Gasteiger charge is 2.36. The van der Waals surface area contributed by atoms with Crippen molar-refractivity contribution in [2.24, 2.45) is 5.92 Å². The van der Waals surface area contributed by atoms with Crippen LogP contribution in [0.3, 0.4) is 0 Å². The molecule has 0 unspecified atom stereocenters. The molecule has 0 aliphatic heterocycles. The van der Waals surface area contributed by atoms with E-state index in [2.05, 4.69) is 41.7 Å². The van der Waals surface area contributed by atoms with Crippen molar-refractivity contribution in [2.75, 3.05) is 6.54 Å². The number of nitrogens with one attached hydrogen (secondary N) is 1. The second-order valence-electron chi connectivity index (χ2n) is 6.39. The van der Waals surface area contributed by atoms with Crippen LogP contribution in [0.2, 0.25) is 0 Å². The number of carbonyl (C=O) groups is 1. The molecule has 1 aromatic heterocycles. The summed E-state index contributed by atoms with van der Waals surface area (Å²) >= 11 is 0. The van der Waals surface area contributed by atoms with Crippen molar-refractivity contribution < 1.29 is 9.32 Å². The Kier molecular flexibility index (Phi) is 4.27. The Hall–Kier alpha value is -2.10. The second-order valence-corrected chi connectivity index (χ2v) is 6.39. The van der Waals surface area contributed by atoms with E-state index in [-0.39, 0.29) is 17.1 Å². The molecular weight excluding hydrogens is 276 g/mol. The molecule has 1 heterocycles. The lowest BCUT2D eigenvalue weighted by Crippen LogP contribution is -2.43. The minimum Gasteiger partial charge on any atom is -0.351 e. The smallest absolute Gasteiger partial charge is 0.289 e. The first-order valence-corrected chi connectivity index (χ1v) is 7.94. The Morgan fingerprint density at radius 2 is 2.00 bits per heavy atom.